The van der Waals surface area contributed by atoms with Gasteiger partial charge in [-0.1, -0.05) is 6.92 Å². The number of phenolic OH excluding ortho intramolecular Hbond substituents is 1. The molecule has 14 heavy (non-hydrogen) atoms. The van der Waals surface area contributed by atoms with Gasteiger partial charge in [-0.15, -0.1) is 7.05 Å². The zero-order valence-electron chi connectivity index (χ0n) is 7.90. The lowest BCUT2D eigenvalue weighted by molar-refractivity contribution is -0.505. The minimum absolute atomic E-state index is 0.0371. The second kappa shape index (κ2) is 3.98. The number of aromatic hydroxyl groups is 1. The van der Waals surface area contributed by atoms with E-state index in [2.05, 4.69) is 7.05 Å². The third-order valence-corrected chi connectivity index (χ3v) is 3.69. The summed E-state index contributed by atoms with van der Waals surface area (Å²) in [6.45, 7) is 1.58. The van der Waals surface area contributed by atoms with Gasteiger partial charge in [0.2, 0.25) is 0 Å². The van der Waals surface area contributed by atoms with Gasteiger partial charge in [-0.25, -0.2) is 8.42 Å². The lowest BCUT2D eigenvalue weighted by atomic mass is 10.3. The fraction of sp³-hybridized carbons (Fsp3) is 0.222. The van der Waals surface area contributed by atoms with Crippen molar-refractivity contribution in [1.29, 1.82) is 0 Å². The van der Waals surface area contributed by atoms with Gasteiger partial charge in [0.25, 0.3) is 0 Å². The van der Waals surface area contributed by atoms with Crippen molar-refractivity contribution < 1.29 is 18.8 Å². The zero-order chi connectivity index (χ0) is 10.8. The Hall–Kier alpha value is -1.07. The monoisotopic (exact) mass is 215 g/mol. The third kappa shape index (κ3) is 2.05. The Morgan fingerprint density at radius 1 is 1.50 bits per heavy atom. The Morgan fingerprint density at radius 2 is 2.14 bits per heavy atom. The molecule has 3 N–H and O–H groups in total. The first-order chi connectivity index (χ1) is 6.51. The molecule has 0 spiro atoms. The number of hydrogen-bond acceptors (Lipinski definition) is 3. The molecule has 1 aromatic rings. The summed E-state index contributed by atoms with van der Waals surface area (Å²) in [5.74, 6) is 0.0870. The molecule has 0 saturated carbocycles. The molecular formula is C9H13NO3S. The van der Waals surface area contributed by atoms with Crippen molar-refractivity contribution in [3.63, 3.8) is 0 Å². The van der Waals surface area contributed by atoms with Crippen LogP contribution < -0.4 is 5.32 Å². The SMILES string of the molecule is [CH2-][NH2+]c1cc(S(=O)(=O)CC)ccc1O. The second-order valence-corrected chi connectivity index (χ2v) is 5.11. The molecule has 1 aromatic carbocycles. The number of quaternary nitrogens is 1. The number of hydrogen-bond donors (Lipinski definition) is 2. The maximum absolute atomic E-state index is 11.5. The predicted octanol–water partition coefficient (Wildman–Crippen LogP) is 0.172. The topological polar surface area (TPSA) is 71.0 Å². The van der Waals surface area contributed by atoms with Crippen molar-refractivity contribution in [2.75, 3.05) is 5.75 Å². The average molecular weight is 215 g/mol. The van der Waals surface area contributed by atoms with Crippen LogP contribution in [0.2, 0.25) is 0 Å². The van der Waals surface area contributed by atoms with Crippen molar-refractivity contribution in [2.24, 2.45) is 0 Å². The molecule has 4 nitrogen and oxygen atoms in total. The molecule has 0 aliphatic carbocycles. The lowest BCUT2D eigenvalue weighted by Crippen LogP contribution is -2.69. The summed E-state index contributed by atoms with van der Waals surface area (Å²) >= 11 is 0. The summed E-state index contributed by atoms with van der Waals surface area (Å²) in [4.78, 5) is 0.215. The van der Waals surface area contributed by atoms with Crippen LogP contribution in [0.1, 0.15) is 6.92 Å². The van der Waals surface area contributed by atoms with Gasteiger partial charge in [0, 0.05) is 6.07 Å². The van der Waals surface area contributed by atoms with E-state index < -0.39 is 9.84 Å². The molecule has 0 aliphatic rings. The Kier molecular flexibility index (Phi) is 3.13. The number of benzene rings is 1. The maximum Gasteiger partial charge on any atom is 0.178 e. The fourth-order valence-electron chi connectivity index (χ4n) is 1.06. The van der Waals surface area contributed by atoms with Crippen LogP contribution in [-0.2, 0) is 9.84 Å². The summed E-state index contributed by atoms with van der Waals surface area (Å²) in [6.07, 6.45) is 0. The van der Waals surface area contributed by atoms with E-state index in [0.717, 1.165) is 0 Å². The van der Waals surface area contributed by atoms with Crippen LogP contribution in [-0.4, -0.2) is 19.3 Å². The highest BCUT2D eigenvalue weighted by Gasteiger charge is 2.14. The molecule has 0 unspecified atom stereocenters. The van der Waals surface area contributed by atoms with E-state index in [9.17, 15) is 13.5 Å². The quantitative estimate of drug-likeness (QED) is 0.429. The standard InChI is InChI=1S/C9H13NO3S/c1-3-14(12,13)7-4-5-9(11)8(6-7)10-2/h4-6,11H,2-3,10H2,1H3. The van der Waals surface area contributed by atoms with Gasteiger partial charge >= 0.3 is 0 Å². The Bertz CT molecular complexity index is 426. The highest BCUT2D eigenvalue weighted by molar-refractivity contribution is 7.91. The van der Waals surface area contributed by atoms with Crippen molar-refractivity contribution in [1.82, 2.24) is 0 Å². The lowest BCUT2D eigenvalue weighted by Gasteiger charge is -2.05. The van der Waals surface area contributed by atoms with Crippen LogP contribution in [0.25, 0.3) is 0 Å². The molecule has 0 saturated heterocycles. The summed E-state index contributed by atoms with van der Waals surface area (Å²) in [5, 5.41) is 10.7. The van der Waals surface area contributed by atoms with Crippen LogP contribution >= 0.6 is 0 Å². The van der Waals surface area contributed by atoms with Crippen LogP contribution in [0.15, 0.2) is 23.1 Å². The number of nitrogens with two attached hydrogens (primary N) is 1. The summed E-state index contributed by atoms with van der Waals surface area (Å²) in [5.41, 5.74) is 0.430. The molecule has 5 heteroatoms. The first-order valence-corrected chi connectivity index (χ1v) is 5.84. The van der Waals surface area contributed by atoms with Gasteiger partial charge in [-0.3, -0.25) is 0 Å². The first-order valence-electron chi connectivity index (χ1n) is 4.19. The van der Waals surface area contributed by atoms with Crippen molar-refractivity contribution >= 4 is 15.5 Å². The minimum atomic E-state index is -3.21. The van der Waals surface area contributed by atoms with E-state index in [0.29, 0.717) is 5.69 Å². The molecule has 0 heterocycles. The summed E-state index contributed by atoms with van der Waals surface area (Å²) in [7, 11) is 0.279. The van der Waals surface area contributed by atoms with Crippen molar-refractivity contribution in [3.8, 4) is 5.75 Å². The fourth-order valence-corrected chi connectivity index (χ4v) is 1.97. The van der Waals surface area contributed by atoms with E-state index in [1.54, 1.807) is 6.92 Å². The van der Waals surface area contributed by atoms with E-state index in [1.165, 1.54) is 23.5 Å². The van der Waals surface area contributed by atoms with Gasteiger partial charge in [0.15, 0.2) is 15.6 Å². The Labute approximate surface area is 83.5 Å². The van der Waals surface area contributed by atoms with Crippen LogP contribution in [0, 0.1) is 7.05 Å². The Balaban J connectivity index is 3.26. The van der Waals surface area contributed by atoms with Crippen molar-refractivity contribution in [3.05, 3.63) is 25.2 Å². The van der Waals surface area contributed by atoms with E-state index in [-0.39, 0.29) is 16.4 Å². The van der Waals surface area contributed by atoms with Crippen LogP contribution in [0.5, 0.6) is 5.75 Å². The molecule has 1 rings (SSSR count). The van der Waals surface area contributed by atoms with Gasteiger partial charge in [0.05, 0.1) is 10.6 Å². The molecular weight excluding hydrogens is 202 g/mol. The largest absolute Gasteiger partial charge is 0.503 e. The van der Waals surface area contributed by atoms with E-state index in [1.807, 2.05) is 0 Å². The Morgan fingerprint density at radius 3 is 2.64 bits per heavy atom. The molecule has 0 radical (unpaired) electrons. The molecule has 0 atom stereocenters. The summed E-state index contributed by atoms with van der Waals surface area (Å²) < 4.78 is 22.9. The molecule has 0 amide bonds. The summed E-state index contributed by atoms with van der Waals surface area (Å²) in [6, 6.07) is 4.17. The third-order valence-electron chi connectivity index (χ3n) is 1.96. The first kappa shape index (κ1) is 11.0. The molecule has 0 bridgehead atoms. The zero-order valence-corrected chi connectivity index (χ0v) is 8.71. The van der Waals surface area contributed by atoms with Crippen LogP contribution in [0.3, 0.4) is 0 Å². The van der Waals surface area contributed by atoms with E-state index in [4.69, 9.17) is 0 Å². The minimum Gasteiger partial charge on any atom is -0.503 e. The highest BCUT2D eigenvalue weighted by Crippen LogP contribution is 2.22. The maximum atomic E-state index is 11.5. The van der Waals surface area contributed by atoms with Crippen molar-refractivity contribution in [2.45, 2.75) is 11.8 Å². The second-order valence-electron chi connectivity index (χ2n) is 2.83. The van der Waals surface area contributed by atoms with Gasteiger partial charge < -0.3 is 10.4 Å². The number of rotatable bonds is 3. The predicted molar refractivity (Wildman–Crippen MR) is 52.8 cm³/mol. The average Bonchev–Trinajstić information content (AvgIpc) is 2.18. The normalized spacial score (nSPS) is 11.6. The smallest absolute Gasteiger partial charge is 0.178 e. The number of sulfone groups is 1. The van der Waals surface area contributed by atoms with Gasteiger partial charge in [-0.2, -0.15) is 0 Å². The van der Waals surface area contributed by atoms with Gasteiger partial charge in [-0.05, 0) is 12.1 Å². The molecule has 0 aromatic heterocycles. The van der Waals surface area contributed by atoms with Crippen LogP contribution in [0.4, 0.5) is 5.69 Å². The van der Waals surface area contributed by atoms with E-state index >= 15 is 0 Å². The highest BCUT2D eigenvalue weighted by atomic mass is 32.2. The van der Waals surface area contributed by atoms with Gasteiger partial charge in [0.1, 0.15) is 5.69 Å². The molecule has 0 aliphatic heterocycles. The number of phenols is 1. The molecule has 0 fully saturated rings. The molecule has 78 valence electrons.